The maximum Gasteiger partial charge on any atom is 0.287 e. The minimum atomic E-state index is -0.672. The molecule has 0 bridgehead atoms. The fraction of sp³-hybridized carbons (Fsp3) is 0.136. The number of carbonyl (C=O) groups is 2. The molecule has 0 aliphatic heterocycles. The third-order valence-electron chi connectivity index (χ3n) is 4.73. The number of aromatic nitrogens is 2. The van der Waals surface area contributed by atoms with Crippen LogP contribution in [0.5, 0.6) is 0 Å². The number of aromatic amines is 1. The van der Waals surface area contributed by atoms with E-state index in [2.05, 4.69) is 20.8 Å². The number of nitrogens with zero attached hydrogens (tertiary/aromatic N) is 1. The molecule has 2 aromatic heterocycles. The van der Waals surface area contributed by atoms with E-state index in [-0.39, 0.29) is 22.7 Å². The average Bonchev–Trinajstić information content (AvgIpc) is 3.31. The number of amides is 2. The Bertz CT molecular complexity index is 1230. The van der Waals surface area contributed by atoms with Crippen molar-refractivity contribution in [2.75, 3.05) is 5.32 Å². The second-order valence-corrected chi connectivity index (χ2v) is 7.30. The normalized spacial score (nSPS) is 11.4. The molecular weight excluding hydrogens is 387 g/mol. The third-order valence-corrected chi connectivity index (χ3v) is 4.73. The first-order valence-electron chi connectivity index (χ1n) is 9.27. The summed E-state index contributed by atoms with van der Waals surface area (Å²) in [6.07, 6.45) is 0. The maximum atomic E-state index is 13.8. The molecule has 0 aliphatic rings. The van der Waals surface area contributed by atoms with Gasteiger partial charge in [0.15, 0.2) is 17.2 Å². The van der Waals surface area contributed by atoms with Crippen LogP contribution in [0.3, 0.4) is 0 Å². The van der Waals surface area contributed by atoms with Gasteiger partial charge in [-0.2, -0.15) is 5.10 Å². The van der Waals surface area contributed by atoms with Gasteiger partial charge >= 0.3 is 0 Å². The van der Waals surface area contributed by atoms with Gasteiger partial charge in [0.2, 0.25) is 0 Å². The van der Waals surface area contributed by atoms with Crippen LogP contribution in [0.25, 0.3) is 11.1 Å². The van der Waals surface area contributed by atoms with E-state index >= 15 is 0 Å². The van der Waals surface area contributed by atoms with Crippen LogP contribution in [0.2, 0.25) is 0 Å². The maximum absolute atomic E-state index is 13.8. The van der Waals surface area contributed by atoms with Crippen molar-refractivity contribution in [3.05, 3.63) is 83.4 Å². The summed E-state index contributed by atoms with van der Waals surface area (Å²) in [5.74, 6) is -1.61. The SMILES string of the molecule is CC(C)(NC(=O)c1cc2[nH]nc(NC(=O)c3ccccc3F)c2o1)c1ccccc1. The first kappa shape index (κ1) is 19.4. The van der Waals surface area contributed by atoms with Gasteiger partial charge in [0.05, 0.1) is 11.1 Å². The smallest absolute Gasteiger partial charge is 0.287 e. The van der Waals surface area contributed by atoms with Crippen LogP contribution < -0.4 is 10.6 Å². The molecule has 2 heterocycles. The third kappa shape index (κ3) is 3.67. The van der Waals surface area contributed by atoms with Crippen molar-refractivity contribution < 1.29 is 18.4 Å². The van der Waals surface area contributed by atoms with Crippen molar-refractivity contribution in [1.29, 1.82) is 0 Å². The van der Waals surface area contributed by atoms with E-state index in [0.717, 1.165) is 5.56 Å². The van der Waals surface area contributed by atoms with Crippen LogP contribution in [-0.4, -0.2) is 22.0 Å². The molecule has 0 aliphatic carbocycles. The number of benzene rings is 2. The molecule has 3 N–H and O–H groups in total. The Morgan fingerprint density at radius 1 is 1.03 bits per heavy atom. The standard InChI is InChI=1S/C22H19FN4O3/c1-22(2,13-8-4-3-5-9-13)25-21(29)17-12-16-18(30-17)19(27-26-16)24-20(28)14-10-6-7-11-15(14)23/h3-12H,1-2H3,(H,25,29)(H2,24,26,27,28). The van der Waals surface area contributed by atoms with Gasteiger partial charge in [-0.05, 0) is 31.5 Å². The van der Waals surface area contributed by atoms with Crippen LogP contribution in [0.4, 0.5) is 10.2 Å². The van der Waals surface area contributed by atoms with Crippen LogP contribution >= 0.6 is 0 Å². The highest BCUT2D eigenvalue weighted by Gasteiger charge is 2.26. The molecule has 2 aromatic carbocycles. The Labute approximate surface area is 171 Å². The second kappa shape index (κ2) is 7.47. The van der Waals surface area contributed by atoms with Crippen LogP contribution in [0.1, 0.15) is 40.3 Å². The lowest BCUT2D eigenvalue weighted by Crippen LogP contribution is -2.40. The van der Waals surface area contributed by atoms with Gasteiger partial charge in [-0.25, -0.2) is 4.39 Å². The first-order valence-corrected chi connectivity index (χ1v) is 9.27. The molecule has 0 radical (unpaired) electrons. The number of fused-ring (bicyclic) bond motifs is 1. The zero-order chi connectivity index (χ0) is 21.3. The van der Waals surface area contributed by atoms with Crippen LogP contribution in [0, 0.1) is 5.82 Å². The molecule has 0 saturated heterocycles. The lowest BCUT2D eigenvalue weighted by molar-refractivity contribution is 0.0885. The van der Waals surface area contributed by atoms with Gasteiger partial charge in [-0.15, -0.1) is 0 Å². The minimum Gasteiger partial charge on any atom is -0.445 e. The Kier molecular flexibility index (Phi) is 4.83. The monoisotopic (exact) mass is 406 g/mol. The molecule has 2 amide bonds. The summed E-state index contributed by atoms with van der Waals surface area (Å²) in [7, 11) is 0. The lowest BCUT2D eigenvalue weighted by atomic mass is 9.94. The molecule has 30 heavy (non-hydrogen) atoms. The van der Waals surface area contributed by atoms with Crippen LogP contribution in [-0.2, 0) is 5.54 Å². The van der Waals surface area contributed by atoms with Gasteiger partial charge < -0.3 is 15.1 Å². The summed E-state index contributed by atoms with van der Waals surface area (Å²) in [6.45, 7) is 3.77. The number of halogens is 1. The van der Waals surface area contributed by atoms with Gasteiger partial charge in [0.1, 0.15) is 11.3 Å². The predicted octanol–water partition coefficient (Wildman–Crippen LogP) is 4.21. The van der Waals surface area contributed by atoms with E-state index in [1.165, 1.54) is 24.3 Å². The lowest BCUT2D eigenvalue weighted by Gasteiger charge is -2.26. The molecule has 8 heteroatoms. The highest BCUT2D eigenvalue weighted by atomic mass is 19.1. The molecule has 0 spiro atoms. The highest BCUT2D eigenvalue weighted by Crippen LogP contribution is 2.26. The highest BCUT2D eigenvalue weighted by molar-refractivity contribution is 6.07. The van der Waals surface area contributed by atoms with E-state index in [1.807, 2.05) is 44.2 Å². The fourth-order valence-corrected chi connectivity index (χ4v) is 3.11. The van der Waals surface area contributed by atoms with E-state index < -0.39 is 23.2 Å². The average molecular weight is 406 g/mol. The largest absolute Gasteiger partial charge is 0.445 e. The van der Waals surface area contributed by atoms with Gasteiger partial charge in [-0.3, -0.25) is 14.7 Å². The Morgan fingerprint density at radius 3 is 2.47 bits per heavy atom. The van der Waals surface area contributed by atoms with Crippen molar-refractivity contribution in [2.45, 2.75) is 19.4 Å². The molecule has 0 saturated carbocycles. The number of anilines is 1. The quantitative estimate of drug-likeness (QED) is 0.462. The van der Waals surface area contributed by atoms with Gasteiger partial charge in [0, 0.05) is 6.07 Å². The van der Waals surface area contributed by atoms with Crippen molar-refractivity contribution in [3.8, 4) is 0 Å². The Balaban J connectivity index is 1.55. The number of hydrogen-bond acceptors (Lipinski definition) is 4. The molecule has 7 nitrogen and oxygen atoms in total. The summed E-state index contributed by atoms with van der Waals surface area (Å²) in [5.41, 5.74) is 0.820. The zero-order valence-electron chi connectivity index (χ0n) is 16.3. The predicted molar refractivity (Wildman–Crippen MR) is 110 cm³/mol. The number of rotatable bonds is 5. The number of hydrogen-bond donors (Lipinski definition) is 3. The number of furan rings is 1. The minimum absolute atomic E-state index is 0.0593. The van der Waals surface area contributed by atoms with Crippen molar-refractivity contribution in [3.63, 3.8) is 0 Å². The van der Waals surface area contributed by atoms with Gasteiger partial charge in [0.25, 0.3) is 11.8 Å². The van der Waals surface area contributed by atoms with Crippen molar-refractivity contribution in [1.82, 2.24) is 15.5 Å². The van der Waals surface area contributed by atoms with E-state index in [4.69, 9.17) is 4.42 Å². The molecule has 4 aromatic rings. The van der Waals surface area contributed by atoms with Crippen molar-refractivity contribution in [2.24, 2.45) is 0 Å². The van der Waals surface area contributed by atoms with E-state index in [1.54, 1.807) is 6.07 Å². The summed E-state index contributed by atoms with van der Waals surface area (Å²) in [5, 5.41) is 12.1. The van der Waals surface area contributed by atoms with E-state index in [0.29, 0.717) is 5.52 Å². The van der Waals surface area contributed by atoms with E-state index in [9.17, 15) is 14.0 Å². The fourth-order valence-electron chi connectivity index (χ4n) is 3.11. The second-order valence-electron chi connectivity index (χ2n) is 7.30. The molecule has 152 valence electrons. The van der Waals surface area contributed by atoms with Gasteiger partial charge in [-0.1, -0.05) is 42.5 Å². The summed E-state index contributed by atoms with van der Waals surface area (Å²) >= 11 is 0. The zero-order valence-corrected chi connectivity index (χ0v) is 16.3. The summed E-state index contributed by atoms with van der Waals surface area (Å²) in [4.78, 5) is 25.1. The number of H-pyrrole nitrogens is 1. The Hall–Kier alpha value is -3.94. The molecular formula is C22H19FN4O3. The molecule has 4 rings (SSSR count). The number of carbonyl (C=O) groups excluding carboxylic acids is 2. The summed E-state index contributed by atoms with van der Waals surface area (Å²) < 4.78 is 19.5. The molecule has 0 unspecified atom stereocenters. The topological polar surface area (TPSA) is 100 Å². The molecule has 0 atom stereocenters. The summed E-state index contributed by atoms with van der Waals surface area (Å²) in [6, 6.07) is 16.7. The number of nitrogens with one attached hydrogen (secondary N) is 3. The molecule has 0 fully saturated rings. The Morgan fingerprint density at radius 2 is 1.73 bits per heavy atom. The van der Waals surface area contributed by atoms with Crippen molar-refractivity contribution >= 4 is 28.7 Å². The first-order chi connectivity index (χ1) is 14.3. The van der Waals surface area contributed by atoms with Crippen LogP contribution in [0.15, 0.2) is 65.1 Å².